The Labute approximate surface area is 129 Å². The van der Waals surface area contributed by atoms with Crippen molar-refractivity contribution in [3.05, 3.63) is 65.0 Å². The van der Waals surface area contributed by atoms with Crippen LogP contribution in [-0.2, 0) is 11.3 Å². The van der Waals surface area contributed by atoms with Gasteiger partial charge < -0.3 is 9.64 Å². The van der Waals surface area contributed by atoms with Crippen molar-refractivity contribution in [1.82, 2.24) is 9.88 Å². The molecule has 114 valence electrons. The molecule has 0 aliphatic carbocycles. The molecule has 2 aromatic rings. The predicted octanol–water partition coefficient (Wildman–Crippen LogP) is 2.45. The lowest BCUT2D eigenvalue weighted by atomic mass is 10.1. The molecule has 0 bridgehead atoms. The number of methoxy groups -OCH3 is 1. The fourth-order valence-corrected chi connectivity index (χ4v) is 2.17. The van der Waals surface area contributed by atoms with Crippen LogP contribution in [0.4, 0.5) is 0 Å². The van der Waals surface area contributed by atoms with Gasteiger partial charge in [0.15, 0.2) is 0 Å². The summed E-state index contributed by atoms with van der Waals surface area (Å²) in [7, 11) is 3.02. The maximum atomic E-state index is 12.5. The molecule has 0 fully saturated rings. The van der Waals surface area contributed by atoms with Gasteiger partial charge in [-0.15, -0.1) is 0 Å². The van der Waals surface area contributed by atoms with E-state index in [9.17, 15) is 9.59 Å². The molecule has 22 heavy (non-hydrogen) atoms. The van der Waals surface area contributed by atoms with Gasteiger partial charge in [-0.05, 0) is 42.8 Å². The van der Waals surface area contributed by atoms with Crippen molar-refractivity contribution in [3.8, 4) is 0 Å². The van der Waals surface area contributed by atoms with Crippen LogP contribution in [0.15, 0.2) is 42.6 Å². The lowest BCUT2D eigenvalue weighted by Crippen LogP contribution is -2.27. The van der Waals surface area contributed by atoms with E-state index in [0.717, 1.165) is 11.3 Å². The van der Waals surface area contributed by atoms with E-state index in [1.165, 1.54) is 7.11 Å². The third-order valence-corrected chi connectivity index (χ3v) is 3.22. The Hall–Kier alpha value is -2.69. The number of carbonyl (C=O) groups excluding carboxylic acids is 2. The maximum Gasteiger partial charge on any atom is 0.337 e. The summed E-state index contributed by atoms with van der Waals surface area (Å²) >= 11 is 0. The van der Waals surface area contributed by atoms with Crippen molar-refractivity contribution in [2.24, 2.45) is 0 Å². The Bertz CT molecular complexity index is 684. The smallest absolute Gasteiger partial charge is 0.337 e. The number of hydrogen-bond acceptors (Lipinski definition) is 4. The van der Waals surface area contributed by atoms with E-state index in [2.05, 4.69) is 4.98 Å². The third kappa shape index (κ3) is 3.69. The summed E-state index contributed by atoms with van der Waals surface area (Å²) in [6.45, 7) is 2.24. The molecule has 5 nitrogen and oxygen atoms in total. The standard InChI is InChI=1S/C17H18N2O3/c1-12-8-13(10-14(9-12)17(21)22-3)16(20)19(2)11-15-6-4-5-7-18-15/h4-10H,11H2,1-3H3. The normalized spacial score (nSPS) is 10.1. The highest BCUT2D eigenvalue weighted by atomic mass is 16.5. The minimum atomic E-state index is -0.454. The largest absolute Gasteiger partial charge is 0.465 e. The zero-order valence-corrected chi connectivity index (χ0v) is 12.9. The van der Waals surface area contributed by atoms with Gasteiger partial charge in [0.05, 0.1) is 24.9 Å². The van der Waals surface area contributed by atoms with Gasteiger partial charge >= 0.3 is 5.97 Å². The number of carbonyl (C=O) groups is 2. The Morgan fingerprint density at radius 3 is 2.55 bits per heavy atom. The van der Waals surface area contributed by atoms with Crippen molar-refractivity contribution in [2.75, 3.05) is 14.2 Å². The second-order valence-corrected chi connectivity index (χ2v) is 5.06. The Balaban J connectivity index is 2.21. The number of nitrogens with zero attached hydrogens (tertiary/aromatic N) is 2. The van der Waals surface area contributed by atoms with Crippen LogP contribution in [0.5, 0.6) is 0 Å². The van der Waals surface area contributed by atoms with Crippen molar-refractivity contribution in [1.29, 1.82) is 0 Å². The van der Waals surface area contributed by atoms with E-state index in [0.29, 0.717) is 17.7 Å². The summed E-state index contributed by atoms with van der Waals surface area (Å²) in [6.07, 6.45) is 1.69. The number of rotatable bonds is 4. The SMILES string of the molecule is COC(=O)c1cc(C)cc(C(=O)N(C)Cc2ccccn2)c1. The van der Waals surface area contributed by atoms with E-state index in [4.69, 9.17) is 4.74 Å². The highest BCUT2D eigenvalue weighted by molar-refractivity contribution is 5.98. The van der Waals surface area contributed by atoms with E-state index < -0.39 is 5.97 Å². The molecule has 5 heteroatoms. The average molecular weight is 298 g/mol. The van der Waals surface area contributed by atoms with Crippen molar-refractivity contribution >= 4 is 11.9 Å². The molecule has 0 aliphatic heterocycles. The molecule has 0 radical (unpaired) electrons. The summed E-state index contributed by atoms with van der Waals surface area (Å²) < 4.78 is 4.71. The zero-order valence-electron chi connectivity index (χ0n) is 12.9. The molecule has 0 unspecified atom stereocenters. The number of esters is 1. The molecule has 1 heterocycles. The first-order valence-corrected chi connectivity index (χ1v) is 6.86. The van der Waals surface area contributed by atoms with E-state index in [-0.39, 0.29) is 5.91 Å². The van der Waals surface area contributed by atoms with Crippen LogP contribution in [0.1, 0.15) is 32.0 Å². The number of pyridine rings is 1. The molecule has 1 aromatic carbocycles. The van der Waals surface area contributed by atoms with Gasteiger partial charge in [0.1, 0.15) is 0 Å². The minimum Gasteiger partial charge on any atom is -0.465 e. The fourth-order valence-electron chi connectivity index (χ4n) is 2.17. The van der Waals surface area contributed by atoms with Crippen LogP contribution in [0.2, 0.25) is 0 Å². The Morgan fingerprint density at radius 2 is 1.91 bits per heavy atom. The monoisotopic (exact) mass is 298 g/mol. The number of amides is 1. The third-order valence-electron chi connectivity index (χ3n) is 3.22. The van der Waals surface area contributed by atoms with E-state index in [1.54, 1.807) is 36.3 Å². The molecular formula is C17H18N2O3. The summed E-state index contributed by atoms with van der Waals surface area (Å²) in [6, 6.07) is 10.6. The average Bonchev–Trinajstić information content (AvgIpc) is 2.53. The van der Waals surface area contributed by atoms with Crippen LogP contribution in [0.25, 0.3) is 0 Å². The zero-order chi connectivity index (χ0) is 16.1. The van der Waals surface area contributed by atoms with Crippen LogP contribution >= 0.6 is 0 Å². The Kier molecular flexibility index (Phi) is 4.88. The van der Waals surface area contributed by atoms with Gasteiger partial charge in [-0.3, -0.25) is 9.78 Å². The van der Waals surface area contributed by atoms with E-state index in [1.807, 2.05) is 25.1 Å². The molecule has 1 aromatic heterocycles. The molecule has 1 amide bonds. The predicted molar refractivity (Wildman–Crippen MR) is 82.6 cm³/mol. The summed E-state index contributed by atoms with van der Waals surface area (Å²) in [5.41, 5.74) is 2.47. The van der Waals surface area contributed by atoms with Crippen molar-refractivity contribution in [3.63, 3.8) is 0 Å². The number of hydrogen-bond donors (Lipinski definition) is 0. The molecule has 0 saturated heterocycles. The molecule has 0 aliphatic rings. The highest BCUT2D eigenvalue weighted by Crippen LogP contribution is 2.14. The first kappa shape index (κ1) is 15.7. The molecule has 0 N–H and O–H groups in total. The van der Waals surface area contributed by atoms with E-state index >= 15 is 0 Å². The molecular weight excluding hydrogens is 280 g/mol. The van der Waals surface area contributed by atoms with Crippen molar-refractivity contribution < 1.29 is 14.3 Å². The summed E-state index contributed by atoms with van der Waals surface area (Å²) in [4.78, 5) is 29.9. The quantitative estimate of drug-likeness (QED) is 0.814. The van der Waals surface area contributed by atoms with Gasteiger partial charge in [-0.1, -0.05) is 6.07 Å². The van der Waals surface area contributed by atoms with Gasteiger partial charge in [0.2, 0.25) is 0 Å². The second-order valence-electron chi connectivity index (χ2n) is 5.06. The lowest BCUT2D eigenvalue weighted by molar-refractivity contribution is 0.0600. The van der Waals surface area contributed by atoms with Gasteiger partial charge in [0, 0.05) is 18.8 Å². The summed E-state index contributed by atoms with van der Waals surface area (Å²) in [5, 5.41) is 0. The van der Waals surface area contributed by atoms with Crippen LogP contribution < -0.4 is 0 Å². The first-order valence-electron chi connectivity index (χ1n) is 6.86. The van der Waals surface area contributed by atoms with Crippen molar-refractivity contribution in [2.45, 2.75) is 13.5 Å². The van der Waals surface area contributed by atoms with Crippen LogP contribution in [0.3, 0.4) is 0 Å². The van der Waals surface area contributed by atoms with Crippen LogP contribution in [-0.4, -0.2) is 35.9 Å². The maximum absolute atomic E-state index is 12.5. The van der Waals surface area contributed by atoms with Crippen LogP contribution in [0, 0.1) is 6.92 Å². The Morgan fingerprint density at radius 1 is 1.18 bits per heavy atom. The highest BCUT2D eigenvalue weighted by Gasteiger charge is 2.16. The molecule has 0 atom stereocenters. The summed E-state index contributed by atoms with van der Waals surface area (Å²) in [5.74, 6) is -0.621. The molecule has 2 rings (SSSR count). The number of ether oxygens (including phenoxy) is 1. The van der Waals surface area contributed by atoms with Gasteiger partial charge in [-0.25, -0.2) is 4.79 Å². The molecule has 0 saturated carbocycles. The number of aryl methyl sites for hydroxylation is 1. The second kappa shape index (κ2) is 6.85. The first-order chi connectivity index (χ1) is 10.5. The minimum absolute atomic E-state index is 0.167. The fraction of sp³-hybridized carbons (Fsp3) is 0.235. The lowest BCUT2D eigenvalue weighted by Gasteiger charge is -2.17. The topological polar surface area (TPSA) is 59.5 Å². The number of benzene rings is 1. The molecule has 0 spiro atoms. The van der Waals surface area contributed by atoms with Gasteiger partial charge in [0.25, 0.3) is 5.91 Å². The van der Waals surface area contributed by atoms with Gasteiger partial charge in [-0.2, -0.15) is 0 Å². The number of aromatic nitrogens is 1.